The first-order valence-electron chi connectivity index (χ1n) is 6.95. The molecule has 0 atom stereocenters. The van der Waals surface area contributed by atoms with E-state index in [0.717, 1.165) is 25.7 Å². The fraction of sp³-hybridized carbons (Fsp3) is 0.571. The molecule has 1 aliphatic rings. The summed E-state index contributed by atoms with van der Waals surface area (Å²) in [5, 5.41) is 0. The van der Waals surface area contributed by atoms with E-state index in [9.17, 15) is 8.42 Å². The second-order valence-corrected chi connectivity index (χ2v) is 7.17. The van der Waals surface area contributed by atoms with Gasteiger partial charge in [0.05, 0.1) is 5.75 Å². The summed E-state index contributed by atoms with van der Waals surface area (Å²) in [5.41, 5.74) is 6.02. The number of benzene rings is 1. The van der Waals surface area contributed by atoms with Crippen molar-refractivity contribution in [3.63, 3.8) is 0 Å². The first-order chi connectivity index (χ1) is 9.45. The Labute approximate surface area is 120 Å². The summed E-state index contributed by atoms with van der Waals surface area (Å²) >= 11 is 0. The van der Waals surface area contributed by atoms with Gasteiger partial charge in [-0.3, -0.25) is 0 Å². The first kappa shape index (κ1) is 15.1. The predicted molar refractivity (Wildman–Crippen MR) is 80.1 cm³/mol. The van der Waals surface area contributed by atoms with Crippen molar-refractivity contribution in [2.75, 3.05) is 18.1 Å². The average molecular weight is 298 g/mol. The van der Waals surface area contributed by atoms with Crippen molar-refractivity contribution in [1.29, 1.82) is 0 Å². The van der Waals surface area contributed by atoms with Gasteiger partial charge in [-0.1, -0.05) is 13.0 Å². The second kappa shape index (κ2) is 6.01. The smallest absolute Gasteiger partial charge is 0.215 e. The van der Waals surface area contributed by atoms with Gasteiger partial charge in [0.25, 0.3) is 0 Å². The molecule has 0 bridgehead atoms. The van der Waals surface area contributed by atoms with Crippen LogP contribution in [0.4, 0.5) is 5.69 Å². The number of nitrogen functional groups attached to an aromatic ring is 1. The number of hydrogen-bond acceptors (Lipinski definition) is 4. The predicted octanol–water partition coefficient (Wildman–Crippen LogP) is 1.90. The zero-order valence-corrected chi connectivity index (χ0v) is 12.6. The van der Waals surface area contributed by atoms with Gasteiger partial charge in [-0.2, -0.15) is 0 Å². The van der Waals surface area contributed by atoms with Gasteiger partial charge in [0, 0.05) is 17.3 Å². The molecule has 0 aromatic heterocycles. The van der Waals surface area contributed by atoms with Crippen LogP contribution >= 0.6 is 0 Å². The molecule has 1 aromatic rings. The van der Waals surface area contributed by atoms with Crippen LogP contribution in [0.1, 0.15) is 32.6 Å². The van der Waals surface area contributed by atoms with Crippen LogP contribution < -0.4 is 15.2 Å². The molecule has 0 unspecified atom stereocenters. The molecule has 5 nitrogen and oxygen atoms in total. The molecule has 6 heteroatoms. The van der Waals surface area contributed by atoms with E-state index in [1.165, 1.54) is 0 Å². The van der Waals surface area contributed by atoms with Crippen molar-refractivity contribution >= 4 is 15.7 Å². The van der Waals surface area contributed by atoms with Crippen LogP contribution in [0.2, 0.25) is 0 Å². The lowest BCUT2D eigenvalue weighted by Gasteiger charge is -2.41. The Morgan fingerprint density at radius 2 is 2.15 bits per heavy atom. The van der Waals surface area contributed by atoms with Crippen LogP contribution in [-0.4, -0.2) is 26.3 Å². The minimum atomic E-state index is -3.30. The highest BCUT2D eigenvalue weighted by atomic mass is 32.2. The Kier molecular flexibility index (Phi) is 4.55. The molecule has 1 aromatic carbocycles. The highest BCUT2D eigenvalue weighted by Gasteiger charge is 2.38. The van der Waals surface area contributed by atoms with Crippen molar-refractivity contribution in [1.82, 2.24) is 4.72 Å². The number of rotatable bonds is 7. The van der Waals surface area contributed by atoms with E-state index in [0.29, 0.717) is 11.4 Å². The summed E-state index contributed by atoms with van der Waals surface area (Å²) in [4.78, 5) is 0. The van der Waals surface area contributed by atoms with Gasteiger partial charge in [-0.05, 0) is 37.8 Å². The van der Waals surface area contributed by atoms with E-state index < -0.39 is 10.0 Å². The van der Waals surface area contributed by atoms with Crippen LogP contribution in [0.3, 0.4) is 0 Å². The number of hydrogen-bond donors (Lipinski definition) is 2. The third-order valence-electron chi connectivity index (χ3n) is 3.84. The fourth-order valence-corrected chi connectivity index (χ4v) is 3.80. The largest absolute Gasteiger partial charge is 0.492 e. The van der Waals surface area contributed by atoms with Crippen LogP contribution in [0.15, 0.2) is 24.3 Å². The lowest BCUT2D eigenvalue weighted by atomic mass is 9.76. The maximum Gasteiger partial charge on any atom is 0.215 e. The Morgan fingerprint density at radius 3 is 2.70 bits per heavy atom. The molecule has 1 aliphatic carbocycles. The van der Waals surface area contributed by atoms with Crippen LogP contribution in [0.5, 0.6) is 5.75 Å². The zero-order valence-electron chi connectivity index (χ0n) is 11.8. The van der Waals surface area contributed by atoms with E-state index in [2.05, 4.69) is 4.72 Å². The lowest BCUT2D eigenvalue weighted by molar-refractivity contribution is 0.213. The van der Waals surface area contributed by atoms with Gasteiger partial charge in [0.2, 0.25) is 10.0 Å². The summed E-state index contributed by atoms with van der Waals surface area (Å²) in [6.45, 7) is 2.14. The van der Waals surface area contributed by atoms with E-state index in [-0.39, 0.29) is 17.9 Å². The second-order valence-electron chi connectivity index (χ2n) is 5.33. The quantitative estimate of drug-likeness (QED) is 0.753. The normalized spacial score (nSPS) is 17.4. The van der Waals surface area contributed by atoms with E-state index in [1.54, 1.807) is 24.3 Å². The van der Waals surface area contributed by atoms with Crippen molar-refractivity contribution in [2.45, 2.75) is 38.1 Å². The fourth-order valence-electron chi connectivity index (χ4n) is 2.39. The summed E-state index contributed by atoms with van der Waals surface area (Å²) in [7, 11) is -3.30. The molecular formula is C14H22N2O3S. The van der Waals surface area contributed by atoms with Crippen molar-refractivity contribution in [2.24, 2.45) is 0 Å². The molecule has 3 N–H and O–H groups in total. The SMILES string of the molecule is CCC1(NS(=O)(=O)CCOc2cccc(N)c2)CCC1. The van der Waals surface area contributed by atoms with Crippen LogP contribution in [0, 0.1) is 0 Å². The highest BCUT2D eigenvalue weighted by molar-refractivity contribution is 7.89. The van der Waals surface area contributed by atoms with Crippen LogP contribution in [-0.2, 0) is 10.0 Å². The molecule has 1 saturated carbocycles. The third kappa shape index (κ3) is 3.86. The van der Waals surface area contributed by atoms with Crippen molar-refractivity contribution < 1.29 is 13.2 Å². The first-order valence-corrected chi connectivity index (χ1v) is 8.60. The number of nitrogens with two attached hydrogens (primary N) is 1. The molecule has 1 fully saturated rings. The van der Waals surface area contributed by atoms with Gasteiger partial charge >= 0.3 is 0 Å². The van der Waals surface area contributed by atoms with Crippen molar-refractivity contribution in [3.05, 3.63) is 24.3 Å². The van der Waals surface area contributed by atoms with Gasteiger partial charge in [0.1, 0.15) is 12.4 Å². The molecule has 0 amide bonds. The van der Waals surface area contributed by atoms with E-state index in [4.69, 9.17) is 10.5 Å². The highest BCUT2D eigenvalue weighted by Crippen LogP contribution is 2.35. The minimum absolute atomic E-state index is 0.0381. The summed E-state index contributed by atoms with van der Waals surface area (Å²) in [5.74, 6) is 0.554. The van der Waals surface area contributed by atoms with E-state index >= 15 is 0 Å². The monoisotopic (exact) mass is 298 g/mol. The standard InChI is InChI=1S/C14H22N2O3S/c1-2-14(7-4-8-14)16-20(17,18)10-9-19-13-6-3-5-12(15)11-13/h3,5-6,11,16H,2,4,7-10,15H2,1H3. The maximum atomic E-state index is 12.0. The number of nitrogens with one attached hydrogen (secondary N) is 1. The van der Waals surface area contributed by atoms with Gasteiger partial charge < -0.3 is 10.5 Å². The van der Waals surface area contributed by atoms with E-state index in [1.807, 2.05) is 6.92 Å². The molecule has 0 radical (unpaired) electrons. The molecular weight excluding hydrogens is 276 g/mol. The Balaban J connectivity index is 1.83. The molecule has 0 heterocycles. The van der Waals surface area contributed by atoms with Crippen LogP contribution in [0.25, 0.3) is 0 Å². The maximum absolute atomic E-state index is 12.0. The summed E-state index contributed by atoms with van der Waals surface area (Å²) in [6, 6.07) is 6.97. The lowest BCUT2D eigenvalue weighted by Crippen LogP contribution is -2.53. The molecule has 112 valence electrons. The Morgan fingerprint density at radius 1 is 1.40 bits per heavy atom. The molecule has 0 aliphatic heterocycles. The summed E-state index contributed by atoms with van der Waals surface area (Å²) < 4.78 is 32.3. The van der Waals surface area contributed by atoms with Gasteiger partial charge in [0.15, 0.2) is 0 Å². The Bertz CT molecular complexity index is 548. The van der Waals surface area contributed by atoms with Crippen molar-refractivity contribution in [3.8, 4) is 5.75 Å². The number of sulfonamides is 1. The minimum Gasteiger partial charge on any atom is -0.492 e. The summed E-state index contributed by atoms with van der Waals surface area (Å²) in [6.07, 6.45) is 3.79. The van der Waals surface area contributed by atoms with Gasteiger partial charge in [-0.25, -0.2) is 13.1 Å². The third-order valence-corrected chi connectivity index (χ3v) is 5.29. The average Bonchev–Trinajstić information content (AvgIpc) is 2.34. The molecule has 20 heavy (non-hydrogen) atoms. The topological polar surface area (TPSA) is 81.4 Å². The zero-order chi connectivity index (χ0) is 14.6. The number of anilines is 1. The molecule has 0 saturated heterocycles. The molecule has 2 rings (SSSR count). The Hall–Kier alpha value is -1.27. The number of ether oxygens (including phenoxy) is 1. The molecule has 0 spiro atoms. The van der Waals surface area contributed by atoms with Gasteiger partial charge in [-0.15, -0.1) is 0 Å².